The van der Waals surface area contributed by atoms with Crippen molar-refractivity contribution in [1.82, 2.24) is 10.2 Å². The van der Waals surface area contributed by atoms with E-state index in [9.17, 15) is 4.79 Å². The third-order valence-electron chi connectivity index (χ3n) is 2.82. The van der Waals surface area contributed by atoms with E-state index in [1.807, 2.05) is 0 Å². The number of hydrogen-bond acceptors (Lipinski definition) is 5. The largest absolute Gasteiger partial charge is 0.476 e. The van der Waals surface area contributed by atoms with E-state index < -0.39 is 5.97 Å². The summed E-state index contributed by atoms with van der Waals surface area (Å²) < 4.78 is 0. The highest BCUT2D eigenvalue weighted by Gasteiger charge is 2.41. The van der Waals surface area contributed by atoms with Gasteiger partial charge in [0.1, 0.15) is 5.82 Å². The summed E-state index contributed by atoms with van der Waals surface area (Å²) in [4.78, 5) is 10.5. The van der Waals surface area contributed by atoms with Gasteiger partial charge < -0.3 is 15.5 Å². The molecule has 3 N–H and O–H groups in total. The highest BCUT2D eigenvalue weighted by Crippen LogP contribution is 2.44. The molecule has 1 fully saturated rings. The van der Waals surface area contributed by atoms with Crippen LogP contribution in [-0.4, -0.2) is 39.5 Å². The van der Waals surface area contributed by atoms with Gasteiger partial charge >= 0.3 is 5.97 Å². The summed E-state index contributed by atoms with van der Waals surface area (Å²) in [5.41, 5.74) is -0.0819. The summed E-state index contributed by atoms with van der Waals surface area (Å²) in [6, 6.07) is 2.97. The Morgan fingerprint density at radius 2 is 2.19 bits per heavy atom. The number of aliphatic hydroxyl groups is 1. The highest BCUT2D eigenvalue weighted by molar-refractivity contribution is 5.85. The summed E-state index contributed by atoms with van der Waals surface area (Å²) in [5.74, 6) is -0.558. The smallest absolute Gasteiger partial charge is 0.356 e. The number of aromatic carboxylic acids is 1. The fraction of sp³-hybridized carbons (Fsp3) is 0.500. The van der Waals surface area contributed by atoms with Crippen LogP contribution >= 0.6 is 0 Å². The molecule has 0 aromatic carbocycles. The molecule has 86 valence electrons. The molecule has 1 heterocycles. The zero-order valence-electron chi connectivity index (χ0n) is 8.68. The van der Waals surface area contributed by atoms with Gasteiger partial charge in [0.05, 0.1) is 6.61 Å². The van der Waals surface area contributed by atoms with Gasteiger partial charge in [-0.1, -0.05) is 0 Å². The SMILES string of the molecule is O=C(O)c1ccc(NCC2(CO)CC2)nn1. The minimum atomic E-state index is -1.09. The highest BCUT2D eigenvalue weighted by atomic mass is 16.4. The molecule has 0 unspecified atom stereocenters. The van der Waals surface area contributed by atoms with Crippen molar-refractivity contribution in [3.63, 3.8) is 0 Å². The van der Waals surface area contributed by atoms with Gasteiger partial charge in [-0.25, -0.2) is 4.79 Å². The molecule has 2 rings (SSSR count). The molecule has 0 atom stereocenters. The van der Waals surface area contributed by atoms with Crippen molar-refractivity contribution in [2.24, 2.45) is 5.41 Å². The predicted molar refractivity (Wildman–Crippen MR) is 56.2 cm³/mol. The first-order valence-corrected chi connectivity index (χ1v) is 5.07. The van der Waals surface area contributed by atoms with Crippen LogP contribution in [0.1, 0.15) is 23.3 Å². The lowest BCUT2D eigenvalue weighted by atomic mass is 10.1. The minimum absolute atomic E-state index is 0.00680. The number of carboxylic acid groups (broad SMARTS) is 1. The normalized spacial score (nSPS) is 16.8. The Bertz CT molecular complexity index is 387. The molecule has 0 spiro atoms. The molecule has 0 aliphatic heterocycles. The number of carbonyl (C=O) groups is 1. The lowest BCUT2D eigenvalue weighted by molar-refractivity contribution is 0.0689. The molecule has 0 bridgehead atoms. The quantitative estimate of drug-likeness (QED) is 0.667. The van der Waals surface area contributed by atoms with Crippen LogP contribution in [0, 0.1) is 5.41 Å². The second-order valence-corrected chi connectivity index (χ2v) is 4.12. The molecule has 1 saturated carbocycles. The van der Waals surface area contributed by atoms with E-state index in [0.29, 0.717) is 12.4 Å². The third-order valence-corrected chi connectivity index (χ3v) is 2.82. The Kier molecular flexibility index (Phi) is 2.74. The van der Waals surface area contributed by atoms with E-state index in [2.05, 4.69) is 15.5 Å². The summed E-state index contributed by atoms with van der Waals surface area (Å²) in [6.07, 6.45) is 2.02. The van der Waals surface area contributed by atoms with Gasteiger partial charge in [-0.2, -0.15) is 0 Å². The Morgan fingerprint density at radius 1 is 1.44 bits per heavy atom. The maximum atomic E-state index is 10.5. The number of carboxylic acids is 1. The van der Waals surface area contributed by atoms with Crippen molar-refractivity contribution < 1.29 is 15.0 Å². The lowest BCUT2D eigenvalue weighted by Gasteiger charge is -2.12. The molecule has 1 aliphatic carbocycles. The molecular weight excluding hydrogens is 210 g/mol. The molecule has 1 aliphatic rings. The van der Waals surface area contributed by atoms with E-state index in [4.69, 9.17) is 10.2 Å². The number of rotatable bonds is 5. The van der Waals surface area contributed by atoms with Gasteiger partial charge in [-0.3, -0.25) is 0 Å². The van der Waals surface area contributed by atoms with Crippen molar-refractivity contribution in [3.8, 4) is 0 Å². The minimum Gasteiger partial charge on any atom is -0.476 e. The monoisotopic (exact) mass is 223 g/mol. The maximum absolute atomic E-state index is 10.5. The molecular formula is C10H13N3O3. The Balaban J connectivity index is 1.93. The van der Waals surface area contributed by atoms with Crippen LogP contribution in [0.2, 0.25) is 0 Å². The zero-order valence-corrected chi connectivity index (χ0v) is 8.68. The van der Waals surface area contributed by atoms with Crippen molar-refractivity contribution in [3.05, 3.63) is 17.8 Å². The third kappa shape index (κ3) is 2.27. The standard InChI is InChI=1S/C10H13N3O3/c14-6-10(3-4-10)5-11-8-2-1-7(9(15)16)12-13-8/h1-2,14H,3-6H2,(H,11,13)(H,15,16). The van der Waals surface area contributed by atoms with Crippen molar-refractivity contribution in [1.29, 1.82) is 0 Å². The first-order chi connectivity index (χ1) is 7.65. The molecule has 0 radical (unpaired) electrons. The van der Waals surface area contributed by atoms with Crippen molar-refractivity contribution in [2.75, 3.05) is 18.5 Å². The second-order valence-electron chi connectivity index (χ2n) is 4.12. The van der Waals surface area contributed by atoms with E-state index in [0.717, 1.165) is 12.8 Å². The number of hydrogen-bond donors (Lipinski definition) is 3. The van der Waals surface area contributed by atoms with Gasteiger partial charge in [0.2, 0.25) is 0 Å². The molecule has 16 heavy (non-hydrogen) atoms. The van der Waals surface area contributed by atoms with Crippen molar-refractivity contribution in [2.45, 2.75) is 12.8 Å². The van der Waals surface area contributed by atoms with Gasteiger partial charge in [0, 0.05) is 12.0 Å². The fourth-order valence-corrected chi connectivity index (χ4v) is 1.39. The summed E-state index contributed by atoms with van der Waals surface area (Å²) in [6.45, 7) is 0.811. The van der Waals surface area contributed by atoms with E-state index in [1.54, 1.807) is 6.07 Å². The summed E-state index contributed by atoms with van der Waals surface area (Å²) in [7, 11) is 0. The van der Waals surface area contributed by atoms with Crippen molar-refractivity contribution >= 4 is 11.8 Å². The Labute approximate surface area is 92.3 Å². The molecule has 1 aromatic heterocycles. The van der Waals surface area contributed by atoms with Crippen LogP contribution in [0.15, 0.2) is 12.1 Å². The van der Waals surface area contributed by atoms with Crippen LogP contribution in [0.3, 0.4) is 0 Å². The van der Waals surface area contributed by atoms with Crippen LogP contribution < -0.4 is 5.32 Å². The molecule has 0 amide bonds. The number of anilines is 1. The summed E-state index contributed by atoms with van der Waals surface area (Å²) in [5, 5.41) is 28.1. The van der Waals surface area contributed by atoms with Crippen LogP contribution in [-0.2, 0) is 0 Å². The van der Waals surface area contributed by atoms with Crippen LogP contribution in [0.4, 0.5) is 5.82 Å². The number of nitrogens with one attached hydrogen (secondary N) is 1. The number of aliphatic hydroxyl groups excluding tert-OH is 1. The fourth-order valence-electron chi connectivity index (χ4n) is 1.39. The van der Waals surface area contributed by atoms with Gasteiger partial charge in [0.15, 0.2) is 5.69 Å². The van der Waals surface area contributed by atoms with Crippen LogP contribution in [0.5, 0.6) is 0 Å². The number of nitrogens with zero attached hydrogens (tertiary/aromatic N) is 2. The average molecular weight is 223 g/mol. The van der Waals surface area contributed by atoms with Crippen LogP contribution in [0.25, 0.3) is 0 Å². The zero-order chi connectivity index (χ0) is 11.6. The molecule has 0 saturated heterocycles. The predicted octanol–water partition coefficient (Wildman–Crippen LogP) is 0.359. The molecule has 6 nitrogen and oxygen atoms in total. The second kappa shape index (κ2) is 4.05. The van der Waals surface area contributed by atoms with E-state index in [-0.39, 0.29) is 17.7 Å². The van der Waals surface area contributed by atoms with Gasteiger partial charge in [0.25, 0.3) is 0 Å². The lowest BCUT2D eigenvalue weighted by Crippen LogP contribution is -2.19. The number of aromatic nitrogens is 2. The average Bonchev–Trinajstić information content (AvgIpc) is 3.08. The molecule has 1 aromatic rings. The van der Waals surface area contributed by atoms with E-state index >= 15 is 0 Å². The Hall–Kier alpha value is -1.69. The summed E-state index contributed by atoms with van der Waals surface area (Å²) >= 11 is 0. The first kappa shape index (κ1) is 10.8. The topological polar surface area (TPSA) is 95.3 Å². The van der Waals surface area contributed by atoms with Gasteiger partial charge in [-0.05, 0) is 25.0 Å². The Morgan fingerprint density at radius 3 is 2.62 bits per heavy atom. The molecule has 6 heteroatoms. The first-order valence-electron chi connectivity index (χ1n) is 5.07. The van der Waals surface area contributed by atoms with Gasteiger partial charge in [-0.15, -0.1) is 10.2 Å². The van der Waals surface area contributed by atoms with E-state index in [1.165, 1.54) is 6.07 Å². The maximum Gasteiger partial charge on any atom is 0.356 e.